The summed E-state index contributed by atoms with van der Waals surface area (Å²) >= 11 is 1.32. The molecule has 2 aromatic carbocycles. The molecule has 1 saturated carbocycles. The van der Waals surface area contributed by atoms with Crippen molar-refractivity contribution in [3.05, 3.63) is 65.5 Å². The number of amides is 1. The highest BCUT2D eigenvalue weighted by molar-refractivity contribution is 7.99. The number of carboxylic acids is 1. The predicted molar refractivity (Wildman–Crippen MR) is 96.1 cm³/mol. The lowest BCUT2D eigenvalue weighted by Crippen LogP contribution is -2.14. The van der Waals surface area contributed by atoms with Crippen LogP contribution in [0.5, 0.6) is 0 Å². The van der Waals surface area contributed by atoms with E-state index in [1.807, 2.05) is 24.3 Å². The molecule has 2 aromatic rings. The van der Waals surface area contributed by atoms with Crippen LogP contribution in [-0.2, 0) is 15.3 Å². The summed E-state index contributed by atoms with van der Waals surface area (Å²) in [4.78, 5) is 22.9. The highest BCUT2D eigenvalue weighted by Gasteiger charge is 2.43. The molecule has 4 nitrogen and oxygen atoms in total. The number of halogens is 1. The van der Waals surface area contributed by atoms with E-state index in [1.165, 1.54) is 23.9 Å². The van der Waals surface area contributed by atoms with Gasteiger partial charge in [0, 0.05) is 17.4 Å². The second-order valence-electron chi connectivity index (χ2n) is 6.08. The summed E-state index contributed by atoms with van der Waals surface area (Å²) in [6.45, 7) is 0. The fourth-order valence-electron chi connectivity index (χ4n) is 2.79. The van der Waals surface area contributed by atoms with Gasteiger partial charge < -0.3 is 10.4 Å². The van der Waals surface area contributed by atoms with Gasteiger partial charge in [-0.3, -0.25) is 9.59 Å². The molecule has 1 aliphatic rings. The Labute approximate surface area is 149 Å². The van der Waals surface area contributed by atoms with Crippen molar-refractivity contribution in [1.82, 2.24) is 0 Å². The number of carbonyl (C=O) groups is 2. The third-order valence-electron chi connectivity index (χ3n) is 4.11. The summed E-state index contributed by atoms with van der Waals surface area (Å²) in [5.41, 5.74) is 2.67. The molecule has 1 aliphatic carbocycles. The number of anilines is 1. The highest BCUT2D eigenvalue weighted by atomic mass is 32.2. The van der Waals surface area contributed by atoms with Gasteiger partial charge in [0.15, 0.2) is 0 Å². The van der Waals surface area contributed by atoms with Crippen molar-refractivity contribution in [3.63, 3.8) is 0 Å². The Bertz CT molecular complexity index is 778. The summed E-state index contributed by atoms with van der Waals surface area (Å²) in [5, 5.41) is 11.6. The van der Waals surface area contributed by atoms with E-state index >= 15 is 0 Å². The molecule has 25 heavy (non-hydrogen) atoms. The monoisotopic (exact) mass is 359 g/mol. The second kappa shape index (κ2) is 7.70. The van der Waals surface area contributed by atoms with Crippen LogP contribution < -0.4 is 5.32 Å². The summed E-state index contributed by atoms with van der Waals surface area (Å²) in [5.74, 6) is -0.455. The van der Waals surface area contributed by atoms with Crippen molar-refractivity contribution in [2.45, 2.75) is 18.1 Å². The van der Waals surface area contributed by atoms with Gasteiger partial charge in [0.25, 0.3) is 0 Å². The van der Waals surface area contributed by atoms with Crippen molar-refractivity contribution in [1.29, 1.82) is 0 Å². The fourth-order valence-corrected chi connectivity index (χ4v) is 3.49. The SMILES string of the molecule is O=C(O)CSCc1cccc(NC(=O)C2CC2c2ccc(F)cc2)c1. The molecular weight excluding hydrogens is 341 g/mol. The first kappa shape index (κ1) is 17.5. The number of benzene rings is 2. The number of carboxylic acid groups (broad SMARTS) is 1. The lowest BCUT2D eigenvalue weighted by Gasteiger charge is -2.07. The highest BCUT2D eigenvalue weighted by Crippen LogP contribution is 2.48. The zero-order valence-corrected chi connectivity index (χ0v) is 14.3. The van der Waals surface area contributed by atoms with E-state index < -0.39 is 5.97 Å². The quantitative estimate of drug-likeness (QED) is 0.787. The van der Waals surface area contributed by atoms with Gasteiger partial charge in [-0.1, -0.05) is 24.3 Å². The Balaban J connectivity index is 1.55. The molecule has 0 radical (unpaired) electrons. The second-order valence-corrected chi connectivity index (χ2v) is 7.06. The maximum absolute atomic E-state index is 13.0. The Morgan fingerprint density at radius 1 is 1.20 bits per heavy atom. The van der Waals surface area contributed by atoms with E-state index in [9.17, 15) is 14.0 Å². The van der Waals surface area contributed by atoms with Gasteiger partial charge in [-0.05, 0) is 47.7 Å². The molecule has 1 amide bonds. The molecule has 1 fully saturated rings. The first-order valence-corrected chi connectivity index (χ1v) is 9.13. The van der Waals surface area contributed by atoms with Crippen LogP contribution in [-0.4, -0.2) is 22.7 Å². The van der Waals surface area contributed by atoms with Crippen molar-refractivity contribution >= 4 is 29.3 Å². The van der Waals surface area contributed by atoms with Crippen molar-refractivity contribution in [2.75, 3.05) is 11.1 Å². The summed E-state index contributed by atoms with van der Waals surface area (Å²) in [6.07, 6.45) is 0.769. The first-order valence-electron chi connectivity index (χ1n) is 7.98. The van der Waals surface area contributed by atoms with E-state index in [2.05, 4.69) is 5.32 Å². The molecule has 0 saturated heterocycles. The van der Waals surface area contributed by atoms with Crippen LogP contribution in [0, 0.1) is 11.7 Å². The lowest BCUT2D eigenvalue weighted by molar-refractivity contribution is -0.133. The van der Waals surface area contributed by atoms with Crippen LogP contribution in [0.25, 0.3) is 0 Å². The largest absolute Gasteiger partial charge is 0.481 e. The zero-order chi connectivity index (χ0) is 17.8. The van der Waals surface area contributed by atoms with Crippen LogP contribution in [0.1, 0.15) is 23.5 Å². The molecule has 0 bridgehead atoms. The molecule has 2 unspecified atom stereocenters. The standard InChI is InChI=1S/C19H18FNO3S/c20-14-6-4-13(5-7-14)16-9-17(16)19(24)21-15-3-1-2-12(8-15)10-25-11-18(22)23/h1-8,16-17H,9-11H2,(H,21,24)(H,22,23). The van der Waals surface area contributed by atoms with Crippen LogP contribution >= 0.6 is 11.8 Å². The fraction of sp³-hybridized carbons (Fsp3) is 0.263. The Hall–Kier alpha value is -2.34. The minimum atomic E-state index is -0.838. The summed E-state index contributed by atoms with van der Waals surface area (Å²) in [6, 6.07) is 13.7. The van der Waals surface area contributed by atoms with Crippen molar-refractivity contribution in [2.24, 2.45) is 5.92 Å². The summed E-state index contributed by atoms with van der Waals surface area (Å²) in [7, 11) is 0. The van der Waals surface area contributed by atoms with Gasteiger partial charge in [0.05, 0.1) is 5.75 Å². The zero-order valence-electron chi connectivity index (χ0n) is 13.4. The number of nitrogens with one attached hydrogen (secondary N) is 1. The molecule has 3 rings (SSSR count). The molecule has 0 aromatic heterocycles. The molecule has 0 spiro atoms. The van der Waals surface area contributed by atoms with Crippen LogP contribution in [0.15, 0.2) is 48.5 Å². The van der Waals surface area contributed by atoms with Gasteiger partial charge in [0.2, 0.25) is 5.91 Å². The molecule has 0 heterocycles. The summed E-state index contributed by atoms with van der Waals surface area (Å²) < 4.78 is 13.0. The van der Waals surface area contributed by atoms with Crippen molar-refractivity contribution < 1.29 is 19.1 Å². The normalized spacial score (nSPS) is 18.6. The number of hydrogen-bond donors (Lipinski definition) is 2. The van der Waals surface area contributed by atoms with Gasteiger partial charge >= 0.3 is 5.97 Å². The van der Waals surface area contributed by atoms with E-state index in [0.717, 1.165) is 17.5 Å². The minimum absolute atomic E-state index is 0.0373. The number of rotatable bonds is 7. The van der Waals surface area contributed by atoms with E-state index in [4.69, 9.17) is 5.11 Å². The maximum atomic E-state index is 13.0. The smallest absolute Gasteiger partial charge is 0.313 e. The van der Waals surface area contributed by atoms with Gasteiger partial charge in [-0.15, -0.1) is 11.8 Å². The molecular formula is C19H18FNO3S. The number of hydrogen-bond acceptors (Lipinski definition) is 3. The van der Waals surface area contributed by atoms with Gasteiger partial charge in [-0.25, -0.2) is 4.39 Å². The van der Waals surface area contributed by atoms with Crippen LogP contribution in [0.2, 0.25) is 0 Å². The Kier molecular flexibility index (Phi) is 5.38. The van der Waals surface area contributed by atoms with Crippen molar-refractivity contribution in [3.8, 4) is 0 Å². The Morgan fingerprint density at radius 3 is 2.68 bits per heavy atom. The first-order chi connectivity index (χ1) is 12.0. The molecule has 6 heteroatoms. The number of carbonyl (C=O) groups excluding carboxylic acids is 1. The lowest BCUT2D eigenvalue weighted by atomic mass is 10.1. The third-order valence-corrected chi connectivity index (χ3v) is 5.10. The molecule has 0 aliphatic heterocycles. The predicted octanol–water partition coefficient (Wildman–Crippen LogP) is 3.89. The van der Waals surface area contributed by atoms with Gasteiger partial charge in [-0.2, -0.15) is 0 Å². The minimum Gasteiger partial charge on any atom is -0.481 e. The Morgan fingerprint density at radius 2 is 1.96 bits per heavy atom. The maximum Gasteiger partial charge on any atom is 0.313 e. The van der Waals surface area contributed by atoms with Crippen LogP contribution in [0.4, 0.5) is 10.1 Å². The van der Waals surface area contributed by atoms with Crippen LogP contribution in [0.3, 0.4) is 0 Å². The average molecular weight is 359 g/mol. The third kappa shape index (κ3) is 4.82. The molecule has 2 atom stereocenters. The number of aliphatic carboxylic acids is 1. The molecule has 130 valence electrons. The van der Waals surface area contributed by atoms with E-state index in [-0.39, 0.29) is 29.3 Å². The van der Waals surface area contributed by atoms with Gasteiger partial charge in [0.1, 0.15) is 5.82 Å². The number of thioether (sulfide) groups is 1. The van der Waals surface area contributed by atoms with E-state index in [0.29, 0.717) is 11.4 Å². The van der Waals surface area contributed by atoms with E-state index in [1.54, 1.807) is 12.1 Å². The average Bonchev–Trinajstić information content (AvgIpc) is 3.36. The molecule has 2 N–H and O–H groups in total. The topological polar surface area (TPSA) is 66.4 Å².